The van der Waals surface area contributed by atoms with Gasteiger partial charge in [-0.3, -0.25) is 0 Å². The van der Waals surface area contributed by atoms with Gasteiger partial charge in [0.05, 0.1) is 7.11 Å². The Hall–Kier alpha value is -1.32. The Morgan fingerprint density at radius 3 is 2.42 bits per heavy atom. The molecule has 19 heavy (non-hydrogen) atoms. The molecule has 0 saturated carbocycles. The predicted molar refractivity (Wildman–Crippen MR) is 82.0 cm³/mol. The van der Waals surface area contributed by atoms with Gasteiger partial charge in [-0.1, -0.05) is 38.1 Å². The molecule has 0 radical (unpaired) electrons. The molecule has 2 aromatic rings. The van der Waals surface area contributed by atoms with Crippen molar-refractivity contribution in [3.8, 4) is 5.75 Å². The van der Waals surface area contributed by atoms with Crippen molar-refractivity contribution in [1.82, 2.24) is 0 Å². The lowest BCUT2D eigenvalue weighted by molar-refractivity contribution is 0.416. The number of hydrogen-bond donors (Lipinski definition) is 1. The molecule has 2 nitrogen and oxygen atoms in total. The van der Waals surface area contributed by atoms with Gasteiger partial charge in [0.25, 0.3) is 0 Å². The van der Waals surface area contributed by atoms with E-state index in [4.69, 9.17) is 10.5 Å². The fourth-order valence-electron chi connectivity index (χ4n) is 2.03. The molecule has 0 saturated heterocycles. The fraction of sp³-hybridized carbons (Fsp3) is 0.375. The van der Waals surface area contributed by atoms with Gasteiger partial charge < -0.3 is 10.5 Å². The van der Waals surface area contributed by atoms with Crippen LogP contribution in [0.15, 0.2) is 35.7 Å². The molecular formula is C16H21NOS. The SMILES string of the molecule is COc1csc(C(N)Cc2ccc(C(C)C)cc2)c1. The predicted octanol–water partition coefficient (Wildman–Crippen LogP) is 4.12. The summed E-state index contributed by atoms with van der Waals surface area (Å²) in [5.74, 6) is 1.47. The number of nitrogens with two attached hydrogens (primary N) is 1. The van der Waals surface area contributed by atoms with Crippen molar-refractivity contribution in [2.24, 2.45) is 5.73 Å². The summed E-state index contributed by atoms with van der Waals surface area (Å²) in [5.41, 5.74) is 8.90. The maximum atomic E-state index is 6.25. The van der Waals surface area contributed by atoms with Gasteiger partial charge in [-0.05, 0) is 29.5 Å². The van der Waals surface area contributed by atoms with E-state index in [1.54, 1.807) is 18.4 Å². The zero-order valence-electron chi connectivity index (χ0n) is 11.7. The average molecular weight is 275 g/mol. The first kappa shape index (κ1) is 14.1. The minimum Gasteiger partial charge on any atom is -0.496 e. The van der Waals surface area contributed by atoms with Crippen molar-refractivity contribution in [2.45, 2.75) is 32.2 Å². The Morgan fingerprint density at radius 1 is 1.21 bits per heavy atom. The van der Waals surface area contributed by atoms with E-state index in [9.17, 15) is 0 Å². The zero-order valence-corrected chi connectivity index (χ0v) is 12.5. The van der Waals surface area contributed by atoms with Crippen LogP contribution in [0, 0.1) is 0 Å². The lowest BCUT2D eigenvalue weighted by Gasteiger charge is -2.11. The summed E-state index contributed by atoms with van der Waals surface area (Å²) >= 11 is 1.66. The van der Waals surface area contributed by atoms with E-state index in [0.717, 1.165) is 12.2 Å². The summed E-state index contributed by atoms with van der Waals surface area (Å²) in [6.45, 7) is 4.41. The van der Waals surface area contributed by atoms with E-state index in [1.165, 1.54) is 16.0 Å². The Bertz CT molecular complexity index is 516. The van der Waals surface area contributed by atoms with Crippen LogP contribution in [0.3, 0.4) is 0 Å². The molecule has 3 heteroatoms. The van der Waals surface area contributed by atoms with E-state index in [-0.39, 0.29) is 6.04 Å². The molecule has 1 atom stereocenters. The monoisotopic (exact) mass is 275 g/mol. The van der Waals surface area contributed by atoms with Crippen molar-refractivity contribution in [2.75, 3.05) is 7.11 Å². The topological polar surface area (TPSA) is 35.2 Å². The van der Waals surface area contributed by atoms with Crippen molar-refractivity contribution in [1.29, 1.82) is 0 Å². The fourth-order valence-corrected chi connectivity index (χ4v) is 2.89. The van der Waals surface area contributed by atoms with E-state index >= 15 is 0 Å². The zero-order chi connectivity index (χ0) is 13.8. The summed E-state index contributed by atoms with van der Waals surface area (Å²) in [6, 6.07) is 10.8. The Balaban J connectivity index is 2.03. The maximum absolute atomic E-state index is 6.25. The number of rotatable bonds is 5. The van der Waals surface area contributed by atoms with E-state index in [0.29, 0.717) is 5.92 Å². The Labute approximate surface area is 119 Å². The van der Waals surface area contributed by atoms with Crippen LogP contribution in [0.4, 0.5) is 0 Å². The second kappa shape index (κ2) is 6.22. The molecule has 0 bridgehead atoms. The molecule has 0 aliphatic rings. The first-order valence-corrected chi connectivity index (χ1v) is 7.45. The van der Waals surface area contributed by atoms with Crippen LogP contribution in [0.5, 0.6) is 5.75 Å². The van der Waals surface area contributed by atoms with Crippen molar-refractivity contribution in [3.63, 3.8) is 0 Å². The van der Waals surface area contributed by atoms with E-state index < -0.39 is 0 Å². The van der Waals surface area contributed by atoms with Crippen LogP contribution in [-0.4, -0.2) is 7.11 Å². The van der Waals surface area contributed by atoms with Gasteiger partial charge in [0.1, 0.15) is 5.75 Å². The van der Waals surface area contributed by atoms with Gasteiger partial charge in [0.2, 0.25) is 0 Å². The van der Waals surface area contributed by atoms with Gasteiger partial charge in [0.15, 0.2) is 0 Å². The lowest BCUT2D eigenvalue weighted by Crippen LogP contribution is -2.11. The largest absolute Gasteiger partial charge is 0.496 e. The molecule has 0 amide bonds. The number of ether oxygens (including phenoxy) is 1. The second-order valence-corrected chi connectivity index (χ2v) is 6.04. The molecule has 0 fully saturated rings. The van der Waals surface area contributed by atoms with E-state index in [2.05, 4.69) is 38.1 Å². The first-order chi connectivity index (χ1) is 9.10. The first-order valence-electron chi connectivity index (χ1n) is 6.57. The molecule has 1 heterocycles. The van der Waals surface area contributed by atoms with Gasteiger partial charge in [-0.25, -0.2) is 0 Å². The third kappa shape index (κ3) is 3.58. The molecule has 1 aromatic carbocycles. The molecule has 0 aliphatic carbocycles. The summed E-state index contributed by atoms with van der Waals surface area (Å²) in [6.07, 6.45) is 0.863. The Kier molecular flexibility index (Phi) is 4.61. The molecule has 1 unspecified atom stereocenters. The number of methoxy groups -OCH3 is 1. The van der Waals surface area contributed by atoms with Crippen molar-refractivity contribution < 1.29 is 4.74 Å². The third-order valence-corrected chi connectivity index (χ3v) is 4.34. The smallest absolute Gasteiger partial charge is 0.129 e. The minimum atomic E-state index is 0.0406. The van der Waals surface area contributed by atoms with Gasteiger partial charge in [-0.15, -0.1) is 11.3 Å². The number of benzene rings is 1. The van der Waals surface area contributed by atoms with Gasteiger partial charge >= 0.3 is 0 Å². The van der Waals surface area contributed by atoms with Gasteiger partial charge in [0, 0.05) is 16.3 Å². The second-order valence-electron chi connectivity index (χ2n) is 5.10. The third-order valence-electron chi connectivity index (χ3n) is 3.30. The van der Waals surface area contributed by atoms with E-state index in [1.807, 2.05) is 11.4 Å². The summed E-state index contributed by atoms with van der Waals surface area (Å²) in [7, 11) is 1.68. The average Bonchev–Trinajstić information content (AvgIpc) is 2.88. The standard InChI is InChI=1S/C16H21NOS/c1-11(2)13-6-4-12(5-7-13)8-15(17)16-9-14(18-3)10-19-16/h4-7,9-11,15H,8,17H2,1-3H3. The lowest BCUT2D eigenvalue weighted by atomic mass is 9.99. The molecule has 0 spiro atoms. The highest BCUT2D eigenvalue weighted by molar-refractivity contribution is 7.10. The molecule has 2 N–H and O–H groups in total. The van der Waals surface area contributed by atoms with Crippen molar-refractivity contribution in [3.05, 3.63) is 51.7 Å². The highest BCUT2D eigenvalue weighted by Gasteiger charge is 2.10. The normalized spacial score (nSPS) is 12.7. The molecular weight excluding hydrogens is 254 g/mol. The molecule has 2 rings (SSSR count). The summed E-state index contributed by atoms with van der Waals surface area (Å²) in [5, 5.41) is 2.00. The van der Waals surface area contributed by atoms with Crippen LogP contribution in [0.25, 0.3) is 0 Å². The Morgan fingerprint density at radius 2 is 1.89 bits per heavy atom. The maximum Gasteiger partial charge on any atom is 0.129 e. The highest BCUT2D eigenvalue weighted by Crippen LogP contribution is 2.27. The molecule has 1 aromatic heterocycles. The molecule has 0 aliphatic heterocycles. The van der Waals surface area contributed by atoms with Crippen LogP contribution >= 0.6 is 11.3 Å². The summed E-state index contributed by atoms with van der Waals surface area (Å²) in [4.78, 5) is 1.17. The molecule has 102 valence electrons. The van der Waals surface area contributed by atoms with Crippen LogP contribution in [0.1, 0.15) is 41.8 Å². The quantitative estimate of drug-likeness (QED) is 0.890. The van der Waals surface area contributed by atoms with Crippen LogP contribution < -0.4 is 10.5 Å². The van der Waals surface area contributed by atoms with Gasteiger partial charge in [-0.2, -0.15) is 0 Å². The minimum absolute atomic E-state index is 0.0406. The number of hydrogen-bond acceptors (Lipinski definition) is 3. The van der Waals surface area contributed by atoms with Crippen LogP contribution in [-0.2, 0) is 6.42 Å². The van der Waals surface area contributed by atoms with Crippen LogP contribution in [0.2, 0.25) is 0 Å². The van der Waals surface area contributed by atoms with Crippen molar-refractivity contribution >= 4 is 11.3 Å². The number of thiophene rings is 1. The highest BCUT2D eigenvalue weighted by atomic mass is 32.1. The summed E-state index contributed by atoms with van der Waals surface area (Å²) < 4.78 is 5.19.